The molecule has 0 aromatic carbocycles. The van der Waals surface area contributed by atoms with Crippen LogP contribution in [-0.4, -0.2) is 16.1 Å². The normalized spacial score (nSPS) is 17.7. The Morgan fingerprint density at radius 1 is 1.47 bits per heavy atom. The molecule has 17 heavy (non-hydrogen) atoms. The van der Waals surface area contributed by atoms with Crippen LogP contribution in [0.4, 0.5) is 0 Å². The van der Waals surface area contributed by atoms with Gasteiger partial charge >= 0.3 is 0 Å². The van der Waals surface area contributed by atoms with Crippen LogP contribution in [0.5, 0.6) is 0 Å². The van der Waals surface area contributed by atoms with Crippen molar-refractivity contribution in [2.45, 2.75) is 44.7 Å². The molecular weight excluding hydrogens is 230 g/mol. The van der Waals surface area contributed by atoms with Crippen molar-refractivity contribution in [3.63, 3.8) is 0 Å². The first kappa shape index (κ1) is 12.3. The molecular formula is C13H19N3S. The minimum atomic E-state index is 0.199. The van der Waals surface area contributed by atoms with Crippen LogP contribution in [0.15, 0.2) is 24.5 Å². The second-order valence-corrected chi connectivity index (χ2v) is 5.02. The average Bonchev–Trinajstić information content (AvgIpc) is 2.82. The number of thiocarbonyl (C=S) groups is 1. The monoisotopic (exact) mass is 249 g/mol. The van der Waals surface area contributed by atoms with Crippen LogP contribution in [0, 0.1) is 0 Å². The molecule has 1 saturated carbocycles. The van der Waals surface area contributed by atoms with E-state index in [4.69, 9.17) is 12.2 Å². The molecule has 1 heterocycles. The Balaban J connectivity index is 1.81. The predicted octanol–water partition coefficient (Wildman–Crippen LogP) is 2.55. The summed E-state index contributed by atoms with van der Waals surface area (Å²) in [4.78, 5) is 4.11. The number of nitrogens with one attached hydrogen (secondary N) is 2. The summed E-state index contributed by atoms with van der Waals surface area (Å²) in [5.74, 6) is 0. The van der Waals surface area contributed by atoms with E-state index >= 15 is 0 Å². The smallest absolute Gasteiger partial charge is 0.166 e. The minimum absolute atomic E-state index is 0.199. The molecule has 0 amide bonds. The third-order valence-corrected chi connectivity index (χ3v) is 3.46. The average molecular weight is 249 g/mol. The van der Waals surface area contributed by atoms with Gasteiger partial charge in [-0.1, -0.05) is 18.9 Å². The molecule has 2 rings (SSSR count). The lowest BCUT2D eigenvalue weighted by molar-refractivity contribution is 0.605. The molecule has 1 aromatic heterocycles. The molecule has 92 valence electrons. The molecule has 3 nitrogen and oxygen atoms in total. The molecule has 0 radical (unpaired) electrons. The number of hydrogen-bond donors (Lipinski definition) is 2. The molecule has 1 fully saturated rings. The van der Waals surface area contributed by atoms with Crippen molar-refractivity contribution in [3.05, 3.63) is 30.1 Å². The lowest BCUT2D eigenvalue weighted by atomic mass is 10.1. The van der Waals surface area contributed by atoms with Crippen molar-refractivity contribution in [1.29, 1.82) is 0 Å². The highest BCUT2D eigenvalue weighted by atomic mass is 32.1. The Morgan fingerprint density at radius 2 is 2.24 bits per heavy atom. The van der Waals surface area contributed by atoms with E-state index in [1.54, 1.807) is 6.20 Å². The fraction of sp³-hybridized carbons (Fsp3) is 0.538. The van der Waals surface area contributed by atoms with Crippen molar-refractivity contribution in [2.75, 3.05) is 0 Å². The Morgan fingerprint density at radius 3 is 2.88 bits per heavy atom. The molecule has 2 N–H and O–H groups in total. The summed E-state index contributed by atoms with van der Waals surface area (Å²) in [6.45, 7) is 2.10. The minimum Gasteiger partial charge on any atom is -0.360 e. The number of pyridine rings is 1. The van der Waals surface area contributed by atoms with Gasteiger partial charge in [-0.3, -0.25) is 4.98 Å². The van der Waals surface area contributed by atoms with E-state index < -0.39 is 0 Å². The van der Waals surface area contributed by atoms with Gasteiger partial charge in [0.2, 0.25) is 0 Å². The van der Waals surface area contributed by atoms with Crippen molar-refractivity contribution in [3.8, 4) is 0 Å². The first-order valence-electron chi connectivity index (χ1n) is 6.22. The number of hydrogen-bond acceptors (Lipinski definition) is 2. The molecule has 1 unspecified atom stereocenters. The van der Waals surface area contributed by atoms with Crippen molar-refractivity contribution < 1.29 is 0 Å². The largest absolute Gasteiger partial charge is 0.360 e. The summed E-state index contributed by atoms with van der Waals surface area (Å²) < 4.78 is 0. The fourth-order valence-corrected chi connectivity index (χ4v) is 2.55. The summed E-state index contributed by atoms with van der Waals surface area (Å²) in [6.07, 6.45) is 8.77. The van der Waals surface area contributed by atoms with Crippen molar-refractivity contribution in [1.82, 2.24) is 15.6 Å². The van der Waals surface area contributed by atoms with E-state index in [2.05, 4.69) is 28.6 Å². The summed E-state index contributed by atoms with van der Waals surface area (Å²) in [6, 6.07) is 4.77. The van der Waals surface area contributed by atoms with Crippen molar-refractivity contribution in [2.24, 2.45) is 0 Å². The molecule has 1 aliphatic rings. The molecule has 0 saturated heterocycles. The van der Waals surface area contributed by atoms with Gasteiger partial charge in [-0.15, -0.1) is 0 Å². The first-order valence-corrected chi connectivity index (χ1v) is 6.63. The summed E-state index contributed by atoms with van der Waals surface area (Å²) in [5, 5.41) is 7.44. The summed E-state index contributed by atoms with van der Waals surface area (Å²) >= 11 is 5.32. The third-order valence-electron chi connectivity index (χ3n) is 3.22. The van der Waals surface area contributed by atoms with Crippen LogP contribution in [-0.2, 0) is 0 Å². The molecule has 0 spiro atoms. The number of nitrogens with zero attached hydrogens (tertiary/aromatic N) is 1. The molecule has 0 aliphatic heterocycles. The van der Waals surface area contributed by atoms with Crippen LogP contribution in [0.25, 0.3) is 0 Å². The van der Waals surface area contributed by atoms with Gasteiger partial charge in [-0.05, 0) is 43.6 Å². The zero-order valence-corrected chi connectivity index (χ0v) is 11.0. The number of rotatable bonds is 3. The lowest BCUT2D eigenvalue weighted by Gasteiger charge is -2.20. The molecule has 4 heteroatoms. The maximum absolute atomic E-state index is 5.32. The van der Waals surface area contributed by atoms with Gasteiger partial charge in [-0.2, -0.15) is 0 Å². The molecule has 1 aromatic rings. The Bertz CT molecular complexity index is 360. The highest BCUT2D eigenvalue weighted by molar-refractivity contribution is 7.80. The maximum Gasteiger partial charge on any atom is 0.166 e. The van der Waals surface area contributed by atoms with E-state index in [-0.39, 0.29) is 6.04 Å². The quantitative estimate of drug-likeness (QED) is 0.807. The Hall–Kier alpha value is -1.16. The second kappa shape index (κ2) is 5.96. The van der Waals surface area contributed by atoms with Crippen LogP contribution in [0.1, 0.15) is 44.2 Å². The zero-order valence-electron chi connectivity index (χ0n) is 10.1. The van der Waals surface area contributed by atoms with E-state index in [1.807, 2.05) is 12.3 Å². The Kier molecular flexibility index (Phi) is 4.31. The van der Waals surface area contributed by atoms with E-state index in [1.165, 1.54) is 25.7 Å². The molecule has 1 atom stereocenters. The van der Waals surface area contributed by atoms with Gasteiger partial charge < -0.3 is 10.6 Å². The predicted molar refractivity (Wildman–Crippen MR) is 73.8 cm³/mol. The second-order valence-electron chi connectivity index (χ2n) is 4.61. The van der Waals surface area contributed by atoms with Crippen LogP contribution >= 0.6 is 12.2 Å². The van der Waals surface area contributed by atoms with Gasteiger partial charge in [-0.25, -0.2) is 0 Å². The highest BCUT2D eigenvalue weighted by Gasteiger charge is 2.16. The van der Waals surface area contributed by atoms with Gasteiger partial charge in [0, 0.05) is 18.4 Å². The Labute approximate surface area is 108 Å². The fourth-order valence-electron chi connectivity index (χ4n) is 2.21. The topological polar surface area (TPSA) is 37.0 Å². The van der Waals surface area contributed by atoms with E-state index in [9.17, 15) is 0 Å². The van der Waals surface area contributed by atoms with E-state index in [0.29, 0.717) is 6.04 Å². The van der Waals surface area contributed by atoms with Crippen LogP contribution in [0.3, 0.4) is 0 Å². The van der Waals surface area contributed by atoms with Gasteiger partial charge in [0.05, 0.1) is 6.04 Å². The standard InChI is InChI=1S/C13H19N3S/c1-10(11-5-4-8-14-9-11)15-13(17)16-12-6-2-3-7-12/h4-5,8-10,12H,2-3,6-7H2,1H3,(H2,15,16,17). The van der Waals surface area contributed by atoms with Gasteiger partial charge in [0.25, 0.3) is 0 Å². The first-order chi connectivity index (χ1) is 8.25. The summed E-state index contributed by atoms with van der Waals surface area (Å²) in [5.41, 5.74) is 1.16. The van der Waals surface area contributed by atoms with Gasteiger partial charge in [0.1, 0.15) is 0 Å². The lowest BCUT2D eigenvalue weighted by Crippen LogP contribution is -2.41. The maximum atomic E-state index is 5.32. The zero-order chi connectivity index (χ0) is 12.1. The third kappa shape index (κ3) is 3.66. The van der Waals surface area contributed by atoms with Gasteiger partial charge in [0.15, 0.2) is 5.11 Å². The SMILES string of the molecule is CC(NC(=S)NC1CCCC1)c1cccnc1. The van der Waals surface area contributed by atoms with Crippen LogP contribution in [0.2, 0.25) is 0 Å². The van der Waals surface area contributed by atoms with E-state index in [0.717, 1.165) is 10.7 Å². The summed E-state index contributed by atoms with van der Waals surface area (Å²) in [7, 11) is 0. The highest BCUT2D eigenvalue weighted by Crippen LogP contribution is 2.17. The molecule has 0 bridgehead atoms. The van der Waals surface area contributed by atoms with Crippen LogP contribution < -0.4 is 10.6 Å². The van der Waals surface area contributed by atoms with Crippen molar-refractivity contribution >= 4 is 17.3 Å². The number of aromatic nitrogens is 1. The molecule has 1 aliphatic carbocycles.